The van der Waals surface area contributed by atoms with Gasteiger partial charge in [0.25, 0.3) is 11.7 Å². The van der Waals surface area contributed by atoms with E-state index < -0.39 is 97.5 Å². The number of unbranched alkanes of at least 4 members (excludes halogenated alkanes) is 3. The zero-order valence-corrected chi connectivity index (χ0v) is 44.9. The molecule has 2 aromatic rings. The molecule has 428 valence electrons. The lowest BCUT2D eigenvalue weighted by Gasteiger charge is -2.48. The predicted molar refractivity (Wildman–Crippen MR) is 272 cm³/mol. The zero-order chi connectivity index (χ0) is 56.4. The van der Waals surface area contributed by atoms with E-state index in [9.17, 15) is 43.2 Å². The van der Waals surface area contributed by atoms with Gasteiger partial charge in [-0.25, -0.2) is 4.79 Å². The number of carbonyl (C=O) groups is 9. The minimum absolute atomic E-state index is 0.105. The third-order valence-corrected chi connectivity index (χ3v) is 11.3. The third kappa shape index (κ3) is 26.4. The Hall–Kier alpha value is -6.57. The summed E-state index contributed by atoms with van der Waals surface area (Å²) in [6.45, 7) is 7.92. The number of esters is 5. The Bertz CT molecular complexity index is 2160. The van der Waals surface area contributed by atoms with E-state index in [1.165, 1.54) is 6.92 Å². The fraction of sp³-hybridized carbons (Fsp3) is 0.604. The minimum atomic E-state index is -2.39. The van der Waals surface area contributed by atoms with Crippen LogP contribution in [0.4, 0.5) is 0 Å². The molecule has 0 unspecified atom stereocenters. The topological polar surface area (TPSA) is 303 Å². The Labute approximate surface area is 448 Å². The van der Waals surface area contributed by atoms with Crippen molar-refractivity contribution in [1.82, 2.24) is 21.3 Å². The second kappa shape index (κ2) is 36.5. The van der Waals surface area contributed by atoms with Crippen molar-refractivity contribution in [2.45, 2.75) is 116 Å². The van der Waals surface area contributed by atoms with Crippen LogP contribution in [0.15, 0.2) is 54.6 Å². The summed E-state index contributed by atoms with van der Waals surface area (Å²) in [5, 5.41) is 10.8. The molecule has 1 heterocycles. The monoisotopic (exact) mass is 1090 g/mol. The molecule has 3 rings (SSSR count). The van der Waals surface area contributed by atoms with Gasteiger partial charge in [0.1, 0.15) is 12.2 Å². The summed E-state index contributed by atoms with van der Waals surface area (Å²) in [6, 6.07) is 15.4. The maximum absolute atomic E-state index is 13.9. The Morgan fingerprint density at radius 1 is 0.610 bits per heavy atom. The smallest absolute Gasteiger partial charge is 0.366 e. The molecule has 77 heavy (non-hydrogen) atoms. The molecule has 1 fully saturated rings. The number of benzene rings is 2. The number of rotatable bonds is 37. The van der Waals surface area contributed by atoms with Crippen LogP contribution in [0.5, 0.6) is 0 Å². The van der Waals surface area contributed by atoms with E-state index in [1.807, 2.05) is 42.5 Å². The first-order chi connectivity index (χ1) is 36.9. The maximum Gasteiger partial charge on any atom is 0.366 e. The first-order valence-electron chi connectivity index (χ1n) is 25.5. The highest BCUT2D eigenvalue weighted by atomic mass is 16.7. The molecule has 0 aliphatic carbocycles. The van der Waals surface area contributed by atoms with Crippen LogP contribution in [0, 0.1) is 0 Å². The number of amides is 4. The Kier molecular flexibility index (Phi) is 30.6. The zero-order valence-electron chi connectivity index (χ0n) is 44.9. The van der Waals surface area contributed by atoms with Gasteiger partial charge in [-0.1, -0.05) is 67.4 Å². The van der Waals surface area contributed by atoms with Gasteiger partial charge in [-0.3, -0.25) is 38.4 Å². The van der Waals surface area contributed by atoms with Crippen molar-refractivity contribution in [1.29, 1.82) is 0 Å². The minimum Gasteiger partial charge on any atom is -0.465 e. The van der Waals surface area contributed by atoms with Crippen LogP contribution in [-0.4, -0.2) is 183 Å². The van der Waals surface area contributed by atoms with Crippen molar-refractivity contribution in [2.24, 2.45) is 0 Å². The second-order valence-electron chi connectivity index (χ2n) is 17.6. The average molecular weight is 1090 g/mol. The number of hydrogen-bond acceptors (Lipinski definition) is 20. The number of ether oxygens (including phenoxy) is 11. The van der Waals surface area contributed by atoms with E-state index >= 15 is 0 Å². The van der Waals surface area contributed by atoms with Crippen molar-refractivity contribution < 1.29 is 95.3 Å². The highest BCUT2D eigenvalue weighted by Gasteiger charge is 2.59. The standard InChI is InChI=1S/C53H76N4O20/c1-36(58)54-22-25-69-27-29-71-31-30-70-28-26-68-24-20-46(63)55-21-12-7-8-13-23-73-53(52(66)67-6)33-44(74-38(3)60)49(57-48(65)35-72-37(2)59)51(77-53)50(76-40(5)62)45(75-39(4)61)34-56-47(64)32-41-16-18-43(19-17-41)42-14-10-9-11-15-42/h9-11,14-19,44-45,49-51H,7-8,12-13,20-35H2,1-6H3,(H,54,58)(H,55,63)(H,56,64)(H,57,65)/t44-,45+,49+,50+,51+,53+/m0/s1. The van der Waals surface area contributed by atoms with Crippen LogP contribution in [0.3, 0.4) is 0 Å². The van der Waals surface area contributed by atoms with Gasteiger partial charge in [0.05, 0.1) is 92.0 Å². The van der Waals surface area contributed by atoms with E-state index in [0.29, 0.717) is 90.6 Å². The molecular weight excluding hydrogens is 1010 g/mol. The quantitative estimate of drug-likeness (QED) is 0.0426. The van der Waals surface area contributed by atoms with Crippen LogP contribution in [0.2, 0.25) is 0 Å². The lowest BCUT2D eigenvalue weighted by molar-refractivity contribution is -0.313. The van der Waals surface area contributed by atoms with Gasteiger partial charge in [-0.05, 0) is 29.5 Å². The number of methoxy groups -OCH3 is 1. The molecule has 4 N–H and O–H groups in total. The SMILES string of the molecule is COC(=O)[C@@]1(OCCCCCCNC(=O)CCOCCOCCOCCOCCNC(C)=O)C[C@H](OC(C)=O)[C@@H](NC(=O)COC(C)=O)[C@H]([C@H](OC(C)=O)[C@@H](CNC(=O)Cc2ccc(-c3ccccc3)cc2)OC(C)=O)O1. The highest BCUT2D eigenvalue weighted by Crippen LogP contribution is 2.37. The lowest BCUT2D eigenvalue weighted by atomic mass is 9.87. The lowest BCUT2D eigenvalue weighted by Crippen LogP contribution is -2.70. The van der Waals surface area contributed by atoms with Crippen molar-refractivity contribution in [2.75, 3.05) is 92.8 Å². The van der Waals surface area contributed by atoms with Gasteiger partial charge in [0.2, 0.25) is 17.7 Å². The Morgan fingerprint density at radius 3 is 1.82 bits per heavy atom. The molecule has 2 aromatic carbocycles. The van der Waals surface area contributed by atoms with Crippen molar-refractivity contribution in [3.05, 3.63) is 60.2 Å². The maximum atomic E-state index is 13.9. The summed E-state index contributed by atoms with van der Waals surface area (Å²) >= 11 is 0. The first-order valence-corrected chi connectivity index (χ1v) is 25.5. The molecule has 0 radical (unpaired) electrons. The van der Waals surface area contributed by atoms with Crippen LogP contribution in [-0.2, 0) is 102 Å². The Balaban J connectivity index is 1.64. The van der Waals surface area contributed by atoms with Crippen LogP contribution in [0.1, 0.15) is 78.7 Å². The van der Waals surface area contributed by atoms with Crippen LogP contribution in [0.25, 0.3) is 11.1 Å². The summed E-state index contributed by atoms with van der Waals surface area (Å²) in [5.41, 5.74) is 2.57. The van der Waals surface area contributed by atoms with E-state index in [1.54, 1.807) is 12.1 Å². The molecular formula is C53H76N4O20. The number of nitrogens with one attached hydrogen (secondary N) is 4. The summed E-state index contributed by atoms with van der Waals surface area (Å²) in [6.07, 6.45) is -4.95. The average Bonchev–Trinajstić information content (AvgIpc) is 3.41. The van der Waals surface area contributed by atoms with Crippen molar-refractivity contribution in [3.8, 4) is 11.1 Å². The molecule has 6 atom stereocenters. The molecule has 4 amide bonds. The summed E-state index contributed by atoms with van der Waals surface area (Å²) in [7, 11) is 1.06. The molecule has 0 bridgehead atoms. The molecule has 0 saturated carbocycles. The third-order valence-electron chi connectivity index (χ3n) is 11.3. The molecule has 1 saturated heterocycles. The van der Waals surface area contributed by atoms with Gasteiger partial charge in [-0.2, -0.15) is 0 Å². The van der Waals surface area contributed by atoms with E-state index in [0.717, 1.165) is 45.9 Å². The first kappa shape index (κ1) is 64.7. The van der Waals surface area contributed by atoms with E-state index in [4.69, 9.17) is 52.1 Å². The van der Waals surface area contributed by atoms with Crippen molar-refractivity contribution in [3.63, 3.8) is 0 Å². The molecule has 0 spiro atoms. The van der Waals surface area contributed by atoms with Crippen LogP contribution >= 0.6 is 0 Å². The highest BCUT2D eigenvalue weighted by molar-refractivity contribution is 5.82. The predicted octanol–water partition coefficient (Wildman–Crippen LogP) is 1.80. The Morgan fingerprint density at radius 2 is 1.22 bits per heavy atom. The van der Waals surface area contributed by atoms with Gasteiger partial charge in [0.15, 0.2) is 18.8 Å². The number of carbonyl (C=O) groups excluding carboxylic acids is 9. The second-order valence-corrected chi connectivity index (χ2v) is 17.6. The fourth-order valence-electron chi connectivity index (χ4n) is 7.80. The molecule has 1 aliphatic heterocycles. The fourth-order valence-corrected chi connectivity index (χ4v) is 7.80. The normalized spacial score (nSPS) is 17.6. The van der Waals surface area contributed by atoms with Crippen LogP contribution < -0.4 is 21.3 Å². The van der Waals surface area contributed by atoms with E-state index in [-0.39, 0.29) is 37.9 Å². The largest absolute Gasteiger partial charge is 0.465 e. The van der Waals surface area contributed by atoms with Gasteiger partial charge >= 0.3 is 29.8 Å². The summed E-state index contributed by atoms with van der Waals surface area (Å²) < 4.78 is 61.5. The molecule has 1 aliphatic rings. The van der Waals surface area contributed by atoms with Gasteiger partial charge in [-0.15, -0.1) is 0 Å². The molecule has 0 aromatic heterocycles. The molecule has 24 nitrogen and oxygen atoms in total. The summed E-state index contributed by atoms with van der Waals surface area (Å²) in [4.78, 5) is 114. The van der Waals surface area contributed by atoms with Gasteiger partial charge in [0, 0.05) is 54.1 Å². The number of hydrogen-bond donors (Lipinski definition) is 4. The van der Waals surface area contributed by atoms with E-state index in [2.05, 4.69) is 21.3 Å². The molecule has 24 heteroatoms. The van der Waals surface area contributed by atoms with Gasteiger partial charge < -0.3 is 73.4 Å². The van der Waals surface area contributed by atoms with Crippen molar-refractivity contribution >= 4 is 53.5 Å². The summed E-state index contributed by atoms with van der Waals surface area (Å²) in [5.74, 6) is -8.69.